The molecule has 0 saturated heterocycles. The van der Waals surface area contributed by atoms with Crippen molar-refractivity contribution in [3.8, 4) is 17.2 Å². The summed E-state index contributed by atoms with van der Waals surface area (Å²) in [5.41, 5.74) is 7.22. The number of carbonyl (C=O) groups excluding carboxylic acids is 3. The summed E-state index contributed by atoms with van der Waals surface area (Å²) < 4.78 is 32.2. The maximum Gasteiger partial charge on any atom is 0.423 e. The summed E-state index contributed by atoms with van der Waals surface area (Å²) in [5, 5.41) is 4.38. The summed E-state index contributed by atoms with van der Waals surface area (Å²) in [7, 11) is 7.42. The van der Waals surface area contributed by atoms with Gasteiger partial charge < -0.3 is 43.9 Å². The largest absolute Gasteiger partial charge is 0.497 e. The SMILES string of the molecule is COC(=O)c1cc(Cl)cnc1Cl.COC(=O)c1cc(Cl)cnc1NCc1ccc(OC)cc1.COc1ccc(CN)cc1.COc1ccc(Cn2c(=O)oc(=O)c3cc(Cl)cnc32)cc1.O=C(Cl)OC(Cl)(Cl)Cl. The molecule has 7 rings (SSSR count). The second-order valence-corrected chi connectivity index (χ2v) is 17.8. The molecular weight excluding hydrogens is 1120 g/mol. The first-order valence-corrected chi connectivity index (χ1v) is 23.3. The number of anilines is 1. The Bertz CT molecular complexity index is 3010. The molecule has 4 heterocycles. The standard InChI is InChI=1S/C15H11ClN2O4.C15H15ClN2O3.C8H11NO.C7H5Cl2NO2.C2Cl4O2/c1-21-11-4-2-9(3-5-11)8-18-13-12(6-10(16)7-17-13)14(19)22-15(18)20;1-20-12-5-3-10(4-6-12)8-17-14-13(15(19)21-2)7-11(16)9-18-14;1-10-8-4-2-7(6-9)3-5-8;1-12-7(11)5-2-4(8)3-10-6(5)9;3-1(7)8-2(4,5)6/h2-7H,8H2,1H3;3-7,9H,8H2,1-2H3,(H,17,18);2-5H,6,9H2,1H3;2-3H,1H3;. The molecular formula is C47H42Cl8N6O12. The van der Waals surface area contributed by atoms with Gasteiger partial charge in [0.1, 0.15) is 39.2 Å². The van der Waals surface area contributed by atoms with Gasteiger partial charge >= 0.3 is 32.7 Å². The third kappa shape index (κ3) is 21.1. The third-order valence-corrected chi connectivity index (χ3v) is 10.1. The number of benzene rings is 3. The van der Waals surface area contributed by atoms with Gasteiger partial charge in [-0.2, -0.15) is 0 Å². The smallest absolute Gasteiger partial charge is 0.423 e. The summed E-state index contributed by atoms with van der Waals surface area (Å²) in [5.74, 6) is 1.02. The Kier molecular flexibility index (Phi) is 25.9. The lowest BCUT2D eigenvalue weighted by Gasteiger charge is -2.10. The molecule has 0 fully saturated rings. The molecule has 4 aromatic heterocycles. The average molecular weight is 1170 g/mol. The first-order valence-electron chi connectivity index (χ1n) is 20.3. The van der Waals surface area contributed by atoms with Gasteiger partial charge in [-0.25, -0.2) is 38.9 Å². The highest BCUT2D eigenvalue weighted by molar-refractivity contribution is 6.69. The van der Waals surface area contributed by atoms with Gasteiger partial charge in [-0.15, -0.1) is 0 Å². The van der Waals surface area contributed by atoms with E-state index in [0.29, 0.717) is 45.3 Å². The maximum absolute atomic E-state index is 12.0. The lowest BCUT2D eigenvalue weighted by Crippen LogP contribution is -2.26. The zero-order valence-corrected chi connectivity index (χ0v) is 44.8. The molecule has 0 aliphatic carbocycles. The average Bonchev–Trinajstić information content (AvgIpc) is 3.37. The quantitative estimate of drug-likeness (QED) is 0.0403. The van der Waals surface area contributed by atoms with Crippen LogP contribution in [0.5, 0.6) is 17.2 Å². The van der Waals surface area contributed by atoms with E-state index in [1.807, 2.05) is 60.7 Å². The highest BCUT2D eigenvalue weighted by Gasteiger charge is 2.23. The van der Waals surface area contributed by atoms with E-state index in [2.05, 4.69) is 41.3 Å². The molecule has 0 atom stereocenters. The Morgan fingerprint density at radius 1 is 0.644 bits per heavy atom. The zero-order chi connectivity index (χ0) is 54.3. The normalized spacial score (nSPS) is 10.2. The molecule has 73 heavy (non-hydrogen) atoms. The number of pyridine rings is 3. The highest BCUT2D eigenvalue weighted by atomic mass is 35.6. The van der Waals surface area contributed by atoms with Crippen LogP contribution in [0.25, 0.3) is 11.0 Å². The van der Waals surface area contributed by atoms with Gasteiger partial charge in [0.05, 0.1) is 62.7 Å². The lowest BCUT2D eigenvalue weighted by atomic mass is 10.2. The van der Waals surface area contributed by atoms with Crippen LogP contribution < -0.4 is 36.6 Å². The predicted octanol–water partition coefficient (Wildman–Crippen LogP) is 11.2. The number of hydrogen-bond donors (Lipinski definition) is 2. The van der Waals surface area contributed by atoms with Crippen molar-refractivity contribution in [2.75, 3.05) is 40.9 Å². The summed E-state index contributed by atoms with van der Waals surface area (Å²) in [6.45, 7) is 1.32. The highest BCUT2D eigenvalue weighted by Crippen LogP contribution is 2.28. The van der Waals surface area contributed by atoms with E-state index in [1.54, 1.807) is 33.5 Å². The number of nitrogens with one attached hydrogen (secondary N) is 1. The number of nitrogens with zero attached hydrogens (tertiary/aromatic N) is 4. The summed E-state index contributed by atoms with van der Waals surface area (Å²) in [6, 6.07) is 26.9. The van der Waals surface area contributed by atoms with Crippen LogP contribution in [-0.4, -0.2) is 76.4 Å². The van der Waals surface area contributed by atoms with Gasteiger partial charge in [-0.1, -0.05) is 82.8 Å². The Morgan fingerprint density at radius 2 is 1.10 bits per heavy atom. The molecule has 388 valence electrons. The molecule has 3 N–H and O–H groups in total. The Balaban J connectivity index is 0.000000254. The van der Waals surface area contributed by atoms with E-state index in [1.165, 1.54) is 55.6 Å². The molecule has 0 radical (unpaired) electrons. The van der Waals surface area contributed by atoms with E-state index >= 15 is 0 Å². The van der Waals surface area contributed by atoms with Crippen molar-refractivity contribution in [2.45, 2.75) is 23.6 Å². The third-order valence-electron chi connectivity index (χ3n) is 8.89. The first-order chi connectivity index (χ1) is 34.6. The van der Waals surface area contributed by atoms with Crippen LogP contribution in [0.4, 0.5) is 10.6 Å². The minimum absolute atomic E-state index is 0.0891. The van der Waals surface area contributed by atoms with Crippen molar-refractivity contribution in [3.63, 3.8) is 0 Å². The molecule has 0 saturated carbocycles. The van der Waals surface area contributed by atoms with Crippen molar-refractivity contribution < 1.29 is 47.2 Å². The van der Waals surface area contributed by atoms with Crippen molar-refractivity contribution >= 4 is 127 Å². The van der Waals surface area contributed by atoms with Crippen LogP contribution in [-0.2, 0) is 33.8 Å². The second-order valence-electron chi connectivity index (χ2n) is 13.7. The van der Waals surface area contributed by atoms with Crippen LogP contribution >= 0.6 is 92.8 Å². The van der Waals surface area contributed by atoms with Crippen molar-refractivity contribution in [2.24, 2.45) is 5.73 Å². The molecule has 0 amide bonds. The van der Waals surface area contributed by atoms with Crippen molar-refractivity contribution in [1.82, 2.24) is 19.5 Å². The molecule has 18 nitrogen and oxygen atoms in total. The fourth-order valence-corrected chi connectivity index (χ4v) is 6.53. The topological polar surface area (TPSA) is 236 Å². The molecule has 7 aromatic rings. The Hall–Kier alpha value is -6.06. The van der Waals surface area contributed by atoms with E-state index in [0.717, 1.165) is 28.2 Å². The van der Waals surface area contributed by atoms with Gasteiger partial charge in [-0.3, -0.25) is 4.57 Å². The molecule has 0 aliphatic heterocycles. The number of nitrogens with two attached hydrogens (primary N) is 1. The molecule has 0 aliphatic rings. The van der Waals surface area contributed by atoms with Gasteiger partial charge in [-0.05, 0) is 106 Å². The molecule has 3 aromatic carbocycles. The number of hydrogen-bond acceptors (Lipinski definition) is 17. The zero-order valence-electron chi connectivity index (χ0n) is 38.8. The van der Waals surface area contributed by atoms with Crippen LogP contribution in [0.1, 0.15) is 37.4 Å². The maximum atomic E-state index is 12.0. The monoisotopic (exact) mass is 1160 g/mol. The minimum Gasteiger partial charge on any atom is -0.497 e. The van der Waals surface area contributed by atoms with Crippen molar-refractivity contribution in [3.05, 3.63) is 179 Å². The Labute approximate surface area is 456 Å². The second kappa shape index (κ2) is 30.9. The van der Waals surface area contributed by atoms with Crippen LogP contribution in [0.15, 0.2) is 124 Å². The number of carbonyl (C=O) groups is 3. The number of aromatic nitrogens is 4. The number of fused-ring (bicyclic) bond motifs is 1. The van der Waals surface area contributed by atoms with Gasteiger partial charge in [0.25, 0.3) is 0 Å². The van der Waals surface area contributed by atoms with Crippen molar-refractivity contribution in [1.29, 1.82) is 0 Å². The molecule has 0 bridgehead atoms. The number of methoxy groups -OCH3 is 5. The van der Waals surface area contributed by atoms with Gasteiger partial charge in [0.2, 0.25) is 0 Å². The summed E-state index contributed by atoms with van der Waals surface area (Å²) in [6.07, 6.45) is 4.22. The van der Waals surface area contributed by atoms with E-state index in [9.17, 15) is 24.0 Å². The lowest BCUT2D eigenvalue weighted by molar-refractivity contribution is 0.0592. The van der Waals surface area contributed by atoms with E-state index < -0.39 is 32.7 Å². The van der Waals surface area contributed by atoms with Gasteiger partial charge in [0.15, 0.2) is 5.65 Å². The van der Waals surface area contributed by atoms with Crippen LogP contribution in [0.3, 0.4) is 0 Å². The fraction of sp³-hybridized carbons (Fsp3) is 0.191. The number of rotatable bonds is 11. The summed E-state index contributed by atoms with van der Waals surface area (Å²) >= 11 is 42.3. The first kappa shape index (κ1) is 61.2. The molecule has 26 heteroatoms. The summed E-state index contributed by atoms with van der Waals surface area (Å²) in [4.78, 5) is 68.0. The fourth-order valence-electron chi connectivity index (χ4n) is 5.43. The van der Waals surface area contributed by atoms with Crippen LogP contribution in [0, 0.1) is 0 Å². The van der Waals surface area contributed by atoms with E-state index in [-0.39, 0.29) is 28.3 Å². The molecule has 0 spiro atoms. The Morgan fingerprint density at radius 3 is 1.56 bits per heavy atom. The predicted molar refractivity (Wildman–Crippen MR) is 282 cm³/mol. The van der Waals surface area contributed by atoms with Crippen LogP contribution in [0.2, 0.25) is 20.2 Å². The van der Waals surface area contributed by atoms with E-state index in [4.69, 9.17) is 110 Å². The number of esters is 2. The minimum atomic E-state index is -2.04. The molecule has 0 unspecified atom stereocenters. The van der Waals surface area contributed by atoms with Gasteiger partial charge in [0, 0.05) is 43.3 Å². The number of alkyl halides is 3. The number of halogens is 8. The number of ether oxygens (including phenoxy) is 6.